The van der Waals surface area contributed by atoms with Crippen LogP contribution >= 0.6 is 11.6 Å². The zero-order chi connectivity index (χ0) is 19.8. The second kappa shape index (κ2) is 9.51. The van der Waals surface area contributed by atoms with Crippen LogP contribution in [0.1, 0.15) is 12.5 Å². The lowest BCUT2D eigenvalue weighted by atomic mass is 10.1. The Hall–Kier alpha value is -3.17. The van der Waals surface area contributed by atoms with Crippen LogP contribution in [0.25, 0.3) is 6.08 Å². The van der Waals surface area contributed by atoms with E-state index in [0.29, 0.717) is 40.1 Å². The van der Waals surface area contributed by atoms with Gasteiger partial charge in [-0.15, -0.1) is 0 Å². The number of nitrogens with zero attached hydrogens (tertiary/aromatic N) is 1. The van der Waals surface area contributed by atoms with Gasteiger partial charge in [0.05, 0.1) is 25.8 Å². The van der Waals surface area contributed by atoms with E-state index in [9.17, 15) is 10.1 Å². The van der Waals surface area contributed by atoms with Crippen molar-refractivity contribution >= 4 is 29.3 Å². The summed E-state index contributed by atoms with van der Waals surface area (Å²) in [6.07, 6.45) is 1.40. The Balaban J connectivity index is 2.28. The van der Waals surface area contributed by atoms with E-state index in [1.165, 1.54) is 13.2 Å². The fourth-order valence-corrected chi connectivity index (χ4v) is 2.47. The van der Waals surface area contributed by atoms with Crippen LogP contribution in [0, 0.1) is 11.3 Å². The largest absolute Gasteiger partial charge is 0.497 e. The first-order chi connectivity index (χ1) is 13.0. The molecule has 0 fully saturated rings. The van der Waals surface area contributed by atoms with Crippen LogP contribution in [-0.4, -0.2) is 26.7 Å². The summed E-state index contributed by atoms with van der Waals surface area (Å²) >= 11 is 6.26. The lowest BCUT2D eigenvalue weighted by Crippen LogP contribution is -2.13. The second-order valence-electron chi connectivity index (χ2n) is 5.31. The number of hydrogen-bond acceptors (Lipinski definition) is 5. The highest BCUT2D eigenvalue weighted by Crippen LogP contribution is 2.34. The molecule has 2 aromatic rings. The molecule has 0 spiro atoms. The molecule has 0 bridgehead atoms. The van der Waals surface area contributed by atoms with E-state index >= 15 is 0 Å². The third-order valence-corrected chi connectivity index (χ3v) is 3.92. The van der Waals surface area contributed by atoms with Gasteiger partial charge in [0.25, 0.3) is 5.91 Å². The van der Waals surface area contributed by atoms with Crippen molar-refractivity contribution in [2.45, 2.75) is 6.92 Å². The standard InChI is InChI=1S/C20H19ClN2O4/c1-4-27-19-11-17(21)13(10-18(19)26-3)9-14(12-22)20(24)23-15-5-7-16(25-2)8-6-15/h5-11H,4H2,1-3H3,(H,23,24)/b14-9+. The predicted molar refractivity (Wildman–Crippen MR) is 104 cm³/mol. The first-order valence-corrected chi connectivity index (χ1v) is 8.47. The van der Waals surface area contributed by atoms with Gasteiger partial charge in [0.1, 0.15) is 17.4 Å². The van der Waals surface area contributed by atoms with E-state index in [4.69, 9.17) is 25.8 Å². The van der Waals surface area contributed by atoms with Gasteiger partial charge in [0, 0.05) is 11.8 Å². The second-order valence-corrected chi connectivity index (χ2v) is 5.72. The van der Waals surface area contributed by atoms with E-state index in [-0.39, 0.29) is 5.57 Å². The Labute approximate surface area is 162 Å². The van der Waals surface area contributed by atoms with E-state index in [1.807, 2.05) is 13.0 Å². The number of nitrogens with one attached hydrogen (secondary N) is 1. The minimum absolute atomic E-state index is 0.0982. The normalized spacial score (nSPS) is 10.7. The van der Waals surface area contributed by atoms with Crippen molar-refractivity contribution in [2.75, 3.05) is 26.1 Å². The summed E-state index contributed by atoms with van der Waals surface area (Å²) < 4.78 is 15.8. The van der Waals surface area contributed by atoms with Crippen molar-refractivity contribution in [2.24, 2.45) is 0 Å². The molecule has 2 rings (SSSR count). The SMILES string of the molecule is CCOc1cc(Cl)c(/C=C(\C#N)C(=O)Nc2ccc(OC)cc2)cc1OC. The number of halogens is 1. The number of hydrogen-bond donors (Lipinski definition) is 1. The highest BCUT2D eigenvalue weighted by molar-refractivity contribution is 6.32. The number of rotatable bonds is 7. The number of ether oxygens (including phenoxy) is 3. The Bertz CT molecular complexity index is 886. The number of benzene rings is 2. The Morgan fingerprint density at radius 3 is 2.44 bits per heavy atom. The van der Waals surface area contributed by atoms with Crippen molar-refractivity contribution in [3.63, 3.8) is 0 Å². The Morgan fingerprint density at radius 1 is 1.19 bits per heavy atom. The van der Waals surface area contributed by atoms with Crippen molar-refractivity contribution in [3.05, 3.63) is 52.6 Å². The van der Waals surface area contributed by atoms with Gasteiger partial charge in [-0.1, -0.05) is 11.6 Å². The molecule has 140 valence electrons. The van der Waals surface area contributed by atoms with Crippen LogP contribution in [0.2, 0.25) is 5.02 Å². The van der Waals surface area contributed by atoms with E-state index in [0.717, 1.165) is 0 Å². The highest BCUT2D eigenvalue weighted by atomic mass is 35.5. The minimum atomic E-state index is -0.549. The molecule has 6 nitrogen and oxygen atoms in total. The van der Waals surface area contributed by atoms with E-state index in [1.54, 1.807) is 43.5 Å². The number of nitriles is 1. The van der Waals surface area contributed by atoms with Crippen molar-refractivity contribution < 1.29 is 19.0 Å². The smallest absolute Gasteiger partial charge is 0.266 e. The molecule has 0 aliphatic heterocycles. The van der Waals surface area contributed by atoms with Gasteiger partial charge >= 0.3 is 0 Å². The summed E-state index contributed by atoms with van der Waals surface area (Å²) in [5, 5.41) is 12.4. The predicted octanol–water partition coefficient (Wildman–Crippen LogP) is 4.30. The van der Waals surface area contributed by atoms with Crippen LogP contribution < -0.4 is 19.5 Å². The molecular weight excluding hydrogens is 368 g/mol. The van der Waals surface area contributed by atoms with Crippen LogP contribution in [0.3, 0.4) is 0 Å². The number of carbonyl (C=O) groups excluding carboxylic acids is 1. The summed E-state index contributed by atoms with van der Waals surface area (Å²) in [5.41, 5.74) is 0.912. The van der Waals surface area contributed by atoms with E-state index in [2.05, 4.69) is 5.32 Å². The molecule has 27 heavy (non-hydrogen) atoms. The van der Waals surface area contributed by atoms with Gasteiger partial charge < -0.3 is 19.5 Å². The lowest BCUT2D eigenvalue weighted by Gasteiger charge is -2.11. The summed E-state index contributed by atoms with van der Waals surface area (Å²) in [6.45, 7) is 2.30. The molecule has 0 unspecified atom stereocenters. The summed E-state index contributed by atoms with van der Waals surface area (Å²) in [5.74, 6) is 1.06. The van der Waals surface area contributed by atoms with Gasteiger partial charge in [-0.2, -0.15) is 5.26 Å². The average molecular weight is 387 g/mol. The molecule has 0 aliphatic carbocycles. The van der Waals surface area contributed by atoms with E-state index < -0.39 is 5.91 Å². The molecule has 1 N–H and O–H groups in total. The summed E-state index contributed by atoms with van der Waals surface area (Å²) in [4.78, 5) is 12.4. The molecule has 0 saturated carbocycles. The molecule has 0 saturated heterocycles. The maximum atomic E-state index is 12.4. The highest BCUT2D eigenvalue weighted by Gasteiger charge is 2.14. The maximum Gasteiger partial charge on any atom is 0.266 e. The molecule has 0 aliphatic rings. The number of amides is 1. The van der Waals surface area contributed by atoms with Crippen LogP contribution in [0.5, 0.6) is 17.2 Å². The fraction of sp³-hybridized carbons (Fsp3) is 0.200. The van der Waals surface area contributed by atoms with Crippen molar-refractivity contribution in [1.29, 1.82) is 5.26 Å². The van der Waals surface area contributed by atoms with Gasteiger partial charge in [-0.05, 0) is 48.9 Å². The molecule has 1 amide bonds. The Morgan fingerprint density at radius 2 is 1.89 bits per heavy atom. The Kier molecular flexibility index (Phi) is 7.09. The van der Waals surface area contributed by atoms with Gasteiger partial charge in [0.15, 0.2) is 11.5 Å². The van der Waals surface area contributed by atoms with Gasteiger partial charge in [0.2, 0.25) is 0 Å². The molecular formula is C20H19ClN2O4. The molecule has 0 aromatic heterocycles. The lowest BCUT2D eigenvalue weighted by molar-refractivity contribution is -0.112. The molecule has 0 atom stereocenters. The molecule has 0 radical (unpaired) electrons. The number of methoxy groups -OCH3 is 2. The topological polar surface area (TPSA) is 80.6 Å². The number of carbonyl (C=O) groups is 1. The first-order valence-electron chi connectivity index (χ1n) is 8.09. The minimum Gasteiger partial charge on any atom is -0.497 e. The molecule has 2 aromatic carbocycles. The van der Waals surface area contributed by atoms with Crippen LogP contribution in [-0.2, 0) is 4.79 Å². The zero-order valence-corrected chi connectivity index (χ0v) is 16.0. The quantitative estimate of drug-likeness (QED) is 0.566. The van der Waals surface area contributed by atoms with Gasteiger partial charge in [-0.25, -0.2) is 0 Å². The van der Waals surface area contributed by atoms with Gasteiger partial charge in [-0.3, -0.25) is 4.79 Å². The summed E-state index contributed by atoms with van der Waals surface area (Å²) in [6, 6.07) is 11.9. The van der Waals surface area contributed by atoms with Crippen LogP contribution in [0.4, 0.5) is 5.69 Å². The molecule has 0 heterocycles. The average Bonchev–Trinajstić information content (AvgIpc) is 2.68. The van der Waals surface area contributed by atoms with Crippen molar-refractivity contribution in [3.8, 4) is 23.3 Å². The van der Waals surface area contributed by atoms with Crippen LogP contribution in [0.15, 0.2) is 42.0 Å². The monoisotopic (exact) mass is 386 g/mol. The first kappa shape index (κ1) is 20.1. The third-order valence-electron chi connectivity index (χ3n) is 3.60. The maximum absolute atomic E-state index is 12.4. The number of anilines is 1. The summed E-state index contributed by atoms with van der Waals surface area (Å²) in [7, 11) is 3.06. The van der Waals surface area contributed by atoms with Crippen molar-refractivity contribution in [1.82, 2.24) is 0 Å². The fourth-order valence-electron chi connectivity index (χ4n) is 2.27. The zero-order valence-electron chi connectivity index (χ0n) is 15.2. The molecule has 7 heteroatoms. The third kappa shape index (κ3) is 5.16.